The number of carbonyl (C=O) groups is 2. The largest absolute Gasteiger partial charge is 0.442 e. The first kappa shape index (κ1) is 31.5. The quantitative estimate of drug-likeness (QED) is 0.362. The van der Waals surface area contributed by atoms with E-state index < -0.39 is 23.6 Å². The van der Waals surface area contributed by atoms with Crippen molar-refractivity contribution in [3.8, 4) is 0 Å². The first-order valence-corrected chi connectivity index (χ1v) is 13.7. The molecule has 3 aromatic rings. The van der Waals surface area contributed by atoms with Crippen molar-refractivity contribution in [1.29, 1.82) is 0 Å². The number of hydrogen-bond donors (Lipinski definition) is 1. The summed E-state index contributed by atoms with van der Waals surface area (Å²) in [6.45, 7) is 4.29. The maximum atomic E-state index is 13.2. The highest BCUT2D eigenvalue weighted by atomic mass is 35.5. The lowest BCUT2D eigenvalue weighted by Gasteiger charge is -2.22. The van der Waals surface area contributed by atoms with Crippen molar-refractivity contribution < 1.29 is 14.3 Å². The van der Waals surface area contributed by atoms with Gasteiger partial charge in [0.15, 0.2) is 6.73 Å². The summed E-state index contributed by atoms with van der Waals surface area (Å²) in [7, 11) is 3.54. The fraction of sp³-hybridized carbons (Fsp3) is 0.385. The molecule has 0 saturated heterocycles. The van der Waals surface area contributed by atoms with Gasteiger partial charge in [-0.1, -0.05) is 49.2 Å². The first-order valence-electron chi connectivity index (χ1n) is 12.1. The fourth-order valence-corrected chi connectivity index (χ4v) is 4.51. The Morgan fingerprint density at radius 3 is 2.18 bits per heavy atom. The number of benzene rings is 2. The standard InChI is InChI=1S/C24H27Cl2N5O4S.C2H6/c1-29(2)20(4-3-13-27)22(33)35-15-30-23(28-21(32)17-7-11-19(26)12-8-17)36-31(24(30)34)14-16-5-9-18(25)10-6-16;1-2/h5-12,20H,3-4,13-15,27H2,1-2H3;1-2H3. The number of esters is 1. The molecule has 0 saturated carbocycles. The lowest BCUT2D eigenvalue weighted by molar-refractivity contribution is -0.153. The number of likely N-dealkylation sites (N-methyl/N-ethyl adjacent to an activating group) is 1. The zero-order chi connectivity index (χ0) is 28.2. The molecule has 0 aliphatic rings. The lowest BCUT2D eigenvalue weighted by Crippen LogP contribution is -2.39. The minimum atomic E-state index is -0.555. The topological polar surface area (TPSA) is 112 Å². The minimum absolute atomic E-state index is 0.102. The van der Waals surface area contributed by atoms with Gasteiger partial charge in [0.05, 0.1) is 6.54 Å². The number of rotatable bonds is 10. The number of nitrogens with zero attached hydrogens (tertiary/aromatic N) is 4. The monoisotopic (exact) mass is 581 g/mol. The number of halogens is 2. The van der Waals surface area contributed by atoms with Crippen molar-refractivity contribution in [3.05, 3.63) is 85.0 Å². The van der Waals surface area contributed by atoms with Crippen LogP contribution in [-0.2, 0) is 22.8 Å². The summed E-state index contributed by atoms with van der Waals surface area (Å²) >= 11 is 12.9. The van der Waals surface area contributed by atoms with E-state index in [9.17, 15) is 14.4 Å². The van der Waals surface area contributed by atoms with Gasteiger partial charge >= 0.3 is 11.7 Å². The molecule has 38 heavy (non-hydrogen) atoms. The van der Waals surface area contributed by atoms with Crippen LogP contribution in [0.2, 0.25) is 10.0 Å². The lowest BCUT2D eigenvalue weighted by atomic mass is 10.1. The van der Waals surface area contributed by atoms with Crippen LogP contribution >= 0.6 is 34.7 Å². The number of amides is 1. The van der Waals surface area contributed by atoms with Crippen LogP contribution in [0.3, 0.4) is 0 Å². The van der Waals surface area contributed by atoms with E-state index in [1.165, 1.54) is 8.52 Å². The summed E-state index contributed by atoms with van der Waals surface area (Å²) in [5.74, 6) is -1.05. The second kappa shape index (κ2) is 15.6. The summed E-state index contributed by atoms with van der Waals surface area (Å²) in [4.78, 5) is 44.7. The molecule has 12 heteroatoms. The van der Waals surface area contributed by atoms with Gasteiger partial charge < -0.3 is 10.5 Å². The Balaban J connectivity index is 0.00000247. The minimum Gasteiger partial charge on any atom is -0.442 e. The molecular weight excluding hydrogens is 549 g/mol. The summed E-state index contributed by atoms with van der Waals surface area (Å²) in [6, 6.07) is 12.8. The molecule has 9 nitrogen and oxygen atoms in total. The molecule has 1 aromatic heterocycles. The molecule has 0 aliphatic carbocycles. The molecule has 1 unspecified atom stereocenters. The molecular formula is C26H33Cl2N5O4S. The van der Waals surface area contributed by atoms with Crippen molar-refractivity contribution in [2.75, 3.05) is 20.6 Å². The maximum absolute atomic E-state index is 13.2. The van der Waals surface area contributed by atoms with Gasteiger partial charge in [-0.15, -0.1) is 0 Å². The van der Waals surface area contributed by atoms with E-state index in [2.05, 4.69) is 4.99 Å². The third kappa shape index (κ3) is 8.92. The summed E-state index contributed by atoms with van der Waals surface area (Å²) in [5.41, 5.74) is 6.26. The molecule has 0 radical (unpaired) electrons. The summed E-state index contributed by atoms with van der Waals surface area (Å²) < 4.78 is 8.08. The SMILES string of the molecule is CC.CN(C)C(CCCN)C(=O)OCn1c(=NC(=O)c2ccc(Cl)cc2)sn(Cc2ccc(Cl)cc2)c1=O. The predicted octanol–water partition coefficient (Wildman–Crippen LogP) is 4.00. The van der Waals surface area contributed by atoms with Crippen molar-refractivity contribution in [2.45, 2.75) is 46.0 Å². The van der Waals surface area contributed by atoms with Crippen LogP contribution in [0, 0.1) is 0 Å². The number of aromatic nitrogens is 2. The molecule has 0 spiro atoms. The van der Waals surface area contributed by atoms with Crippen molar-refractivity contribution in [2.24, 2.45) is 10.7 Å². The summed E-state index contributed by atoms with van der Waals surface area (Å²) in [6.07, 6.45) is 1.16. The van der Waals surface area contributed by atoms with Crippen LogP contribution < -0.4 is 16.2 Å². The van der Waals surface area contributed by atoms with Gasteiger partial charge in [0, 0.05) is 15.6 Å². The Morgan fingerprint density at radius 1 is 1.05 bits per heavy atom. The third-order valence-electron chi connectivity index (χ3n) is 5.31. The highest BCUT2D eigenvalue weighted by Crippen LogP contribution is 2.12. The van der Waals surface area contributed by atoms with Crippen LogP contribution in [0.4, 0.5) is 0 Å². The second-order valence-corrected chi connectivity index (χ2v) is 10.0. The molecule has 3 rings (SSSR count). The highest BCUT2D eigenvalue weighted by Gasteiger charge is 2.23. The van der Waals surface area contributed by atoms with Gasteiger partial charge in [0.1, 0.15) is 6.04 Å². The van der Waals surface area contributed by atoms with Crippen LogP contribution in [-0.4, -0.2) is 52.0 Å². The Kier molecular flexibility index (Phi) is 12.9. The summed E-state index contributed by atoms with van der Waals surface area (Å²) in [5, 5.41) is 1.06. The highest BCUT2D eigenvalue weighted by molar-refractivity contribution is 7.03. The second-order valence-electron chi connectivity index (χ2n) is 8.17. The number of nitrogens with two attached hydrogens (primary N) is 1. The van der Waals surface area contributed by atoms with E-state index in [1.807, 2.05) is 13.8 Å². The first-order chi connectivity index (χ1) is 18.2. The van der Waals surface area contributed by atoms with Crippen LogP contribution in [0.25, 0.3) is 0 Å². The van der Waals surface area contributed by atoms with Crippen molar-refractivity contribution in [3.63, 3.8) is 0 Å². The van der Waals surface area contributed by atoms with Crippen LogP contribution in [0.5, 0.6) is 0 Å². The van der Waals surface area contributed by atoms with E-state index in [0.717, 1.165) is 17.1 Å². The number of ether oxygens (including phenoxy) is 1. The van der Waals surface area contributed by atoms with E-state index in [0.29, 0.717) is 35.0 Å². The molecule has 2 aromatic carbocycles. The van der Waals surface area contributed by atoms with E-state index in [-0.39, 0.29) is 18.1 Å². The smallest absolute Gasteiger partial charge is 0.342 e. The Labute approximate surface area is 236 Å². The van der Waals surface area contributed by atoms with Gasteiger partial charge in [-0.25, -0.2) is 13.3 Å². The maximum Gasteiger partial charge on any atom is 0.342 e. The fourth-order valence-electron chi connectivity index (χ4n) is 3.32. The van der Waals surface area contributed by atoms with E-state index in [1.54, 1.807) is 67.5 Å². The number of hydrogen-bond acceptors (Lipinski definition) is 7. The average Bonchev–Trinajstić information content (AvgIpc) is 3.19. The van der Waals surface area contributed by atoms with E-state index in [4.69, 9.17) is 33.7 Å². The zero-order valence-electron chi connectivity index (χ0n) is 21.9. The van der Waals surface area contributed by atoms with Crippen molar-refractivity contribution in [1.82, 2.24) is 13.4 Å². The molecule has 1 atom stereocenters. The molecule has 2 N–H and O–H groups in total. The molecule has 0 bridgehead atoms. The molecule has 0 aliphatic heterocycles. The van der Waals surface area contributed by atoms with Gasteiger partial charge in [-0.2, -0.15) is 4.99 Å². The van der Waals surface area contributed by atoms with Crippen LogP contribution in [0.15, 0.2) is 58.3 Å². The van der Waals surface area contributed by atoms with Gasteiger partial charge in [-0.3, -0.25) is 14.5 Å². The molecule has 1 heterocycles. The van der Waals surface area contributed by atoms with Gasteiger partial charge in [-0.05, 0) is 87.0 Å². The van der Waals surface area contributed by atoms with Crippen LogP contribution in [0.1, 0.15) is 42.6 Å². The normalized spacial score (nSPS) is 12.2. The van der Waals surface area contributed by atoms with Gasteiger partial charge in [0.2, 0.25) is 4.80 Å². The molecule has 0 fully saturated rings. The Bertz CT molecular complexity index is 1320. The third-order valence-corrected chi connectivity index (χ3v) is 6.79. The Morgan fingerprint density at radius 2 is 1.63 bits per heavy atom. The van der Waals surface area contributed by atoms with Gasteiger partial charge in [0.25, 0.3) is 5.91 Å². The predicted molar refractivity (Wildman–Crippen MR) is 152 cm³/mol. The number of carbonyl (C=O) groups excluding carboxylic acids is 2. The van der Waals surface area contributed by atoms with E-state index >= 15 is 0 Å². The zero-order valence-corrected chi connectivity index (χ0v) is 24.2. The van der Waals surface area contributed by atoms with Crippen molar-refractivity contribution >= 4 is 46.6 Å². The average molecular weight is 583 g/mol. The molecule has 206 valence electrons. The Hall–Kier alpha value is -2.76. The molecule has 1 amide bonds.